The first kappa shape index (κ1) is 16.7. The lowest BCUT2D eigenvalue weighted by Crippen LogP contribution is -3.13. The third-order valence-electron chi connectivity index (χ3n) is 4.69. The van der Waals surface area contributed by atoms with Gasteiger partial charge in [-0.2, -0.15) is 0 Å². The number of furan rings is 1. The standard InChI is InChI=1S/C19H23FN2O2/c20-16-8-3-2-7-15(16)13-19(23)21-14-17(18-9-6-12-24-18)22-10-4-1-5-11-22/h2-3,6-9,12,17H,1,4-5,10-11,13-14H2,(H,21,23)/p+1/t17-/m1/s1. The number of rotatable bonds is 6. The number of hydrogen-bond donors (Lipinski definition) is 2. The number of carbonyl (C=O) groups is 1. The van der Waals surface area contributed by atoms with Crippen LogP contribution in [-0.2, 0) is 11.2 Å². The monoisotopic (exact) mass is 331 g/mol. The molecule has 1 fully saturated rings. The molecular weight excluding hydrogens is 307 g/mol. The van der Waals surface area contributed by atoms with Gasteiger partial charge in [-0.05, 0) is 43.0 Å². The molecule has 0 radical (unpaired) electrons. The summed E-state index contributed by atoms with van der Waals surface area (Å²) in [5.74, 6) is 0.406. The highest BCUT2D eigenvalue weighted by Gasteiger charge is 2.28. The van der Waals surface area contributed by atoms with Gasteiger partial charge in [-0.3, -0.25) is 4.79 Å². The second kappa shape index (κ2) is 8.11. The number of halogens is 1. The van der Waals surface area contributed by atoms with Gasteiger partial charge in [-0.1, -0.05) is 18.2 Å². The van der Waals surface area contributed by atoms with Crippen molar-refractivity contribution in [2.24, 2.45) is 0 Å². The van der Waals surface area contributed by atoms with Gasteiger partial charge in [0.05, 0.1) is 32.3 Å². The van der Waals surface area contributed by atoms with E-state index in [1.54, 1.807) is 24.5 Å². The number of piperidine rings is 1. The van der Waals surface area contributed by atoms with Gasteiger partial charge >= 0.3 is 0 Å². The van der Waals surface area contributed by atoms with Crippen LogP contribution in [0.5, 0.6) is 0 Å². The number of carbonyl (C=O) groups excluding carboxylic acids is 1. The molecule has 0 aliphatic carbocycles. The molecule has 1 aromatic carbocycles. The van der Waals surface area contributed by atoms with Crippen LogP contribution in [-0.4, -0.2) is 25.5 Å². The molecule has 0 bridgehead atoms. The maximum Gasteiger partial charge on any atom is 0.224 e. The Bertz CT molecular complexity index is 651. The van der Waals surface area contributed by atoms with Crippen LogP contribution in [0, 0.1) is 5.82 Å². The van der Waals surface area contributed by atoms with Gasteiger partial charge in [0, 0.05) is 0 Å². The molecule has 1 aromatic heterocycles. The van der Waals surface area contributed by atoms with Crippen molar-refractivity contribution >= 4 is 5.91 Å². The highest BCUT2D eigenvalue weighted by Crippen LogP contribution is 2.12. The number of benzene rings is 1. The molecule has 1 aliphatic rings. The fourth-order valence-corrected chi connectivity index (χ4v) is 3.38. The van der Waals surface area contributed by atoms with Gasteiger partial charge in [0.1, 0.15) is 5.82 Å². The van der Waals surface area contributed by atoms with Crippen LogP contribution in [0.25, 0.3) is 0 Å². The normalized spacial score (nSPS) is 16.7. The van der Waals surface area contributed by atoms with E-state index in [0.29, 0.717) is 12.1 Å². The average Bonchev–Trinajstić information content (AvgIpc) is 3.12. The lowest BCUT2D eigenvalue weighted by molar-refractivity contribution is -0.936. The van der Waals surface area contributed by atoms with E-state index in [1.165, 1.54) is 30.2 Å². The Balaban J connectivity index is 1.61. The molecular formula is C19H24FN2O2+. The van der Waals surface area contributed by atoms with Gasteiger partial charge < -0.3 is 14.6 Å². The fraction of sp³-hybridized carbons (Fsp3) is 0.421. The van der Waals surface area contributed by atoms with Crippen LogP contribution >= 0.6 is 0 Å². The minimum atomic E-state index is -0.336. The molecule has 1 aliphatic heterocycles. The second-order valence-electron chi connectivity index (χ2n) is 6.36. The molecule has 24 heavy (non-hydrogen) atoms. The Morgan fingerprint density at radius 3 is 2.67 bits per heavy atom. The summed E-state index contributed by atoms with van der Waals surface area (Å²) < 4.78 is 19.3. The van der Waals surface area contributed by atoms with E-state index < -0.39 is 0 Å². The lowest BCUT2D eigenvalue weighted by atomic mass is 10.1. The van der Waals surface area contributed by atoms with Gasteiger partial charge in [0.2, 0.25) is 5.91 Å². The molecule has 2 N–H and O–H groups in total. The number of quaternary nitrogens is 1. The van der Waals surface area contributed by atoms with Crippen molar-refractivity contribution in [2.45, 2.75) is 31.7 Å². The molecule has 1 amide bonds. The average molecular weight is 331 g/mol. The molecule has 1 atom stereocenters. The van der Waals surface area contributed by atoms with E-state index in [-0.39, 0.29) is 24.2 Å². The molecule has 2 heterocycles. The van der Waals surface area contributed by atoms with Crippen LogP contribution in [0.15, 0.2) is 47.1 Å². The minimum absolute atomic E-state index is 0.0624. The van der Waals surface area contributed by atoms with Crippen molar-refractivity contribution in [3.63, 3.8) is 0 Å². The van der Waals surface area contributed by atoms with Gasteiger partial charge in [0.15, 0.2) is 11.8 Å². The molecule has 5 heteroatoms. The molecule has 4 nitrogen and oxygen atoms in total. The molecule has 0 spiro atoms. The predicted octanol–water partition coefficient (Wildman–Crippen LogP) is 1.89. The van der Waals surface area contributed by atoms with Crippen LogP contribution in [0.3, 0.4) is 0 Å². The first-order chi connectivity index (χ1) is 11.7. The molecule has 0 unspecified atom stereocenters. The zero-order valence-electron chi connectivity index (χ0n) is 13.8. The Morgan fingerprint density at radius 2 is 1.96 bits per heavy atom. The van der Waals surface area contributed by atoms with Crippen LogP contribution in [0.4, 0.5) is 4.39 Å². The third-order valence-corrected chi connectivity index (χ3v) is 4.69. The lowest BCUT2D eigenvalue weighted by Gasteiger charge is -2.30. The van der Waals surface area contributed by atoms with Crippen LogP contribution in [0.1, 0.15) is 36.6 Å². The molecule has 2 aromatic rings. The van der Waals surface area contributed by atoms with Crippen molar-refractivity contribution < 1.29 is 18.5 Å². The van der Waals surface area contributed by atoms with Crippen LogP contribution < -0.4 is 10.2 Å². The molecule has 0 saturated carbocycles. The Hall–Kier alpha value is -2.14. The zero-order valence-corrected chi connectivity index (χ0v) is 13.8. The second-order valence-corrected chi connectivity index (χ2v) is 6.36. The Kier molecular flexibility index (Phi) is 5.64. The maximum absolute atomic E-state index is 13.7. The summed E-state index contributed by atoms with van der Waals surface area (Å²) in [6, 6.07) is 10.4. The van der Waals surface area contributed by atoms with Crippen molar-refractivity contribution in [3.8, 4) is 0 Å². The number of likely N-dealkylation sites (tertiary alicyclic amines) is 1. The smallest absolute Gasteiger partial charge is 0.224 e. The number of amides is 1. The third kappa shape index (κ3) is 4.23. The van der Waals surface area contributed by atoms with E-state index >= 15 is 0 Å². The van der Waals surface area contributed by atoms with Gasteiger partial charge in [-0.15, -0.1) is 0 Å². The van der Waals surface area contributed by atoms with Crippen molar-refractivity contribution in [1.29, 1.82) is 0 Å². The van der Waals surface area contributed by atoms with E-state index in [9.17, 15) is 9.18 Å². The summed E-state index contributed by atoms with van der Waals surface area (Å²) in [4.78, 5) is 13.7. The van der Waals surface area contributed by atoms with E-state index in [2.05, 4.69) is 5.32 Å². The first-order valence-corrected chi connectivity index (χ1v) is 8.62. The van der Waals surface area contributed by atoms with E-state index in [4.69, 9.17) is 4.42 Å². The van der Waals surface area contributed by atoms with Crippen LogP contribution in [0.2, 0.25) is 0 Å². The van der Waals surface area contributed by atoms with E-state index in [0.717, 1.165) is 18.8 Å². The SMILES string of the molecule is O=C(Cc1ccccc1F)NC[C@H](c1ccco1)[NH+]1CCCCC1. The predicted molar refractivity (Wildman–Crippen MR) is 89.1 cm³/mol. The van der Waals surface area contributed by atoms with Crippen molar-refractivity contribution in [2.75, 3.05) is 19.6 Å². The highest BCUT2D eigenvalue weighted by molar-refractivity contribution is 5.78. The van der Waals surface area contributed by atoms with Crippen molar-refractivity contribution in [3.05, 3.63) is 59.8 Å². The quantitative estimate of drug-likeness (QED) is 0.849. The summed E-state index contributed by atoms with van der Waals surface area (Å²) in [5, 5.41) is 2.96. The number of hydrogen-bond acceptors (Lipinski definition) is 2. The van der Waals surface area contributed by atoms with E-state index in [1.807, 2.05) is 12.1 Å². The minimum Gasteiger partial charge on any atom is -0.463 e. The Morgan fingerprint density at radius 1 is 1.17 bits per heavy atom. The topological polar surface area (TPSA) is 46.7 Å². The van der Waals surface area contributed by atoms with Crippen molar-refractivity contribution in [1.82, 2.24) is 5.32 Å². The summed E-state index contributed by atoms with van der Waals surface area (Å²) in [6.07, 6.45) is 5.42. The fourth-order valence-electron chi connectivity index (χ4n) is 3.38. The summed E-state index contributed by atoms with van der Waals surface area (Å²) >= 11 is 0. The largest absolute Gasteiger partial charge is 0.463 e. The summed E-state index contributed by atoms with van der Waals surface area (Å²) in [7, 11) is 0. The summed E-state index contributed by atoms with van der Waals surface area (Å²) in [6.45, 7) is 2.69. The number of nitrogens with one attached hydrogen (secondary N) is 2. The molecule has 1 saturated heterocycles. The van der Waals surface area contributed by atoms with Gasteiger partial charge in [0.25, 0.3) is 0 Å². The zero-order chi connectivity index (χ0) is 16.8. The molecule has 128 valence electrons. The maximum atomic E-state index is 13.7. The summed E-state index contributed by atoms with van der Waals surface area (Å²) in [5.41, 5.74) is 0.426. The Labute approximate surface area is 141 Å². The van der Waals surface area contributed by atoms with Gasteiger partial charge in [-0.25, -0.2) is 4.39 Å². The highest BCUT2D eigenvalue weighted by atomic mass is 19.1. The molecule has 3 rings (SSSR count). The first-order valence-electron chi connectivity index (χ1n) is 8.62.